The number of carbonyl (C=O) groups is 1. The molecular formula is C16H24N2O2. The first-order valence-corrected chi connectivity index (χ1v) is 7.11. The van der Waals surface area contributed by atoms with Gasteiger partial charge < -0.3 is 15.4 Å². The maximum atomic E-state index is 12.3. The Morgan fingerprint density at radius 1 is 1.35 bits per heavy atom. The van der Waals surface area contributed by atoms with E-state index >= 15 is 0 Å². The molecule has 1 aromatic carbocycles. The summed E-state index contributed by atoms with van der Waals surface area (Å²) in [5.41, 5.74) is 7.02. The highest BCUT2D eigenvalue weighted by Crippen LogP contribution is 2.32. The number of benzene rings is 1. The molecule has 2 rings (SSSR count). The normalized spacial score (nSPS) is 22.9. The van der Waals surface area contributed by atoms with Gasteiger partial charge in [0.2, 0.25) is 0 Å². The van der Waals surface area contributed by atoms with Crippen LogP contribution in [0.15, 0.2) is 30.3 Å². The topological polar surface area (TPSA) is 55.6 Å². The van der Waals surface area contributed by atoms with E-state index in [-0.39, 0.29) is 23.6 Å². The number of hydrogen-bond donors (Lipinski definition) is 1. The third-order valence-electron chi connectivity index (χ3n) is 3.77. The van der Waals surface area contributed by atoms with Gasteiger partial charge in [-0.2, -0.15) is 0 Å². The van der Waals surface area contributed by atoms with Crippen LogP contribution >= 0.6 is 0 Å². The molecule has 0 aromatic heterocycles. The van der Waals surface area contributed by atoms with E-state index in [0.29, 0.717) is 13.2 Å². The second-order valence-corrected chi connectivity index (χ2v) is 6.57. The first-order valence-electron chi connectivity index (χ1n) is 7.11. The van der Waals surface area contributed by atoms with Crippen molar-refractivity contribution in [1.29, 1.82) is 0 Å². The fourth-order valence-corrected chi connectivity index (χ4v) is 2.69. The fourth-order valence-electron chi connectivity index (χ4n) is 2.69. The number of hydrogen-bond acceptors (Lipinski definition) is 3. The number of carbonyl (C=O) groups excluding carboxylic acids is 1. The lowest BCUT2D eigenvalue weighted by atomic mass is 9.85. The van der Waals surface area contributed by atoms with Crippen LogP contribution in [0.2, 0.25) is 0 Å². The lowest BCUT2D eigenvalue weighted by Gasteiger charge is -2.34. The molecule has 1 heterocycles. The highest BCUT2D eigenvalue weighted by molar-refractivity contribution is 5.68. The van der Waals surface area contributed by atoms with Gasteiger partial charge in [-0.15, -0.1) is 0 Å². The van der Waals surface area contributed by atoms with E-state index in [1.54, 1.807) is 4.90 Å². The molecule has 1 saturated heterocycles. The van der Waals surface area contributed by atoms with Crippen molar-refractivity contribution in [3.8, 4) is 0 Å². The average molecular weight is 276 g/mol. The molecular weight excluding hydrogens is 252 g/mol. The van der Waals surface area contributed by atoms with Gasteiger partial charge in [0.25, 0.3) is 0 Å². The molecule has 0 bridgehead atoms. The molecule has 4 nitrogen and oxygen atoms in total. The van der Waals surface area contributed by atoms with E-state index in [4.69, 9.17) is 10.5 Å². The Bertz CT molecular complexity index is 453. The largest absolute Gasteiger partial charge is 0.445 e. The zero-order valence-corrected chi connectivity index (χ0v) is 12.5. The number of nitrogens with two attached hydrogens (primary N) is 1. The van der Waals surface area contributed by atoms with Gasteiger partial charge in [0, 0.05) is 18.6 Å². The van der Waals surface area contributed by atoms with Crippen LogP contribution < -0.4 is 5.73 Å². The van der Waals surface area contributed by atoms with Crippen molar-refractivity contribution in [3.05, 3.63) is 35.9 Å². The smallest absolute Gasteiger partial charge is 0.410 e. The molecule has 1 aliphatic heterocycles. The zero-order chi connectivity index (χ0) is 14.8. The number of nitrogens with zero attached hydrogens (tertiary/aromatic N) is 1. The number of ether oxygens (including phenoxy) is 1. The van der Waals surface area contributed by atoms with Gasteiger partial charge in [-0.3, -0.25) is 0 Å². The molecule has 0 aliphatic carbocycles. The maximum Gasteiger partial charge on any atom is 0.410 e. The van der Waals surface area contributed by atoms with Crippen LogP contribution in [0.25, 0.3) is 0 Å². The second kappa shape index (κ2) is 5.83. The van der Waals surface area contributed by atoms with Crippen LogP contribution in [-0.4, -0.2) is 29.6 Å². The standard InChI is InChI=1S/C16H24N2O2/c1-16(2,3)14-9-13(17)10-18(14)15(19)20-11-12-7-5-4-6-8-12/h4-8,13-14H,9-11,17H2,1-3H3. The van der Waals surface area contributed by atoms with Crippen LogP contribution in [0.4, 0.5) is 4.79 Å². The predicted molar refractivity (Wildman–Crippen MR) is 79.2 cm³/mol. The van der Waals surface area contributed by atoms with Gasteiger partial charge in [-0.1, -0.05) is 51.1 Å². The minimum atomic E-state index is -0.262. The molecule has 110 valence electrons. The summed E-state index contributed by atoms with van der Waals surface area (Å²) in [5.74, 6) is 0. The second-order valence-electron chi connectivity index (χ2n) is 6.57. The van der Waals surface area contributed by atoms with Crippen molar-refractivity contribution in [2.75, 3.05) is 6.54 Å². The van der Waals surface area contributed by atoms with Crippen molar-refractivity contribution < 1.29 is 9.53 Å². The molecule has 2 atom stereocenters. The highest BCUT2D eigenvalue weighted by atomic mass is 16.6. The Labute approximate surface area is 120 Å². The molecule has 0 radical (unpaired) electrons. The Morgan fingerprint density at radius 3 is 2.60 bits per heavy atom. The van der Waals surface area contributed by atoms with Crippen molar-refractivity contribution in [2.24, 2.45) is 11.1 Å². The van der Waals surface area contributed by atoms with Crippen LogP contribution in [0.1, 0.15) is 32.8 Å². The molecule has 0 saturated carbocycles. The fraction of sp³-hybridized carbons (Fsp3) is 0.562. The summed E-state index contributed by atoms with van der Waals surface area (Å²) >= 11 is 0. The summed E-state index contributed by atoms with van der Waals surface area (Å²) in [6, 6.07) is 9.90. The summed E-state index contributed by atoms with van der Waals surface area (Å²) in [7, 11) is 0. The number of rotatable bonds is 2. The van der Waals surface area contributed by atoms with Crippen LogP contribution in [0.5, 0.6) is 0 Å². The SMILES string of the molecule is CC(C)(C)C1CC(N)CN1C(=O)OCc1ccccc1. The lowest BCUT2D eigenvalue weighted by molar-refractivity contribution is 0.0701. The van der Waals surface area contributed by atoms with E-state index in [1.807, 2.05) is 30.3 Å². The molecule has 1 fully saturated rings. The Balaban J connectivity index is 1.97. The first kappa shape index (κ1) is 14.9. The molecule has 2 N–H and O–H groups in total. The van der Waals surface area contributed by atoms with Gasteiger partial charge in [0.15, 0.2) is 0 Å². The maximum absolute atomic E-state index is 12.3. The molecule has 1 aliphatic rings. The monoisotopic (exact) mass is 276 g/mol. The minimum absolute atomic E-state index is 0.0138. The highest BCUT2D eigenvalue weighted by Gasteiger charge is 2.41. The number of amides is 1. The summed E-state index contributed by atoms with van der Waals surface area (Å²) in [6.45, 7) is 7.28. The van der Waals surface area contributed by atoms with E-state index < -0.39 is 0 Å². The third-order valence-corrected chi connectivity index (χ3v) is 3.77. The van der Waals surface area contributed by atoms with Crippen LogP contribution in [-0.2, 0) is 11.3 Å². The van der Waals surface area contributed by atoms with E-state index in [2.05, 4.69) is 20.8 Å². The summed E-state index contributed by atoms with van der Waals surface area (Å²) in [4.78, 5) is 14.1. The first-order chi connectivity index (χ1) is 9.38. The van der Waals surface area contributed by atoms with Gasteiger partial charge in [0.05, 0.1) is 0 Å². The molecule has 2 unspecified atom stereocenters. The molecule has 1 aromatic rings. The average Bonchev–Trinajstić information content (AvgIpc) is 2.79. The Hall–Kier alpha value is -1.55. The van der Waals surface area contributed by atoms with Gasteiger partial charge in [-0.05, 0) is 17.4 Å². The molecule has 1 amide bonds. The molecule has 0 spiro atoms. The van der Waals surface area contributed by atoms with Crippen molar-refractivity contribution in [3.63, 3.8) is 0 Å². The minimum Gasteiger partial charge on any atom is -0.445 e. The van der Waals surface area contributed by atoms with Gasteiger partial charge >= 0.3 is 6.09 Å². The van der Waals surface area contributed by atoms with Crippen molar-refractivity contribution in [2.45, 2.75) is 45.9 Å². The van der Waals surface area contributed by atoms with E-state index in [0.717, 1.165) is 12.0 Å². The number of likely N-dealkylation sites (tertiary alicyclic amines) is 1. The quantitative estimate of drug-likeness (QED) is 0.903. The van der Waals surface area contributed by atoms with Crippen LogP contribution in [0.3, 0.4) is 0 Å². The zero-order valence-electron chi connectivity index (χ0n) is 12.5. The predicted octanol–water partition coefficient (Wildman–Crippen LogP) is 2.77. The van der Waals surface area contributed by atoms with E-state index in [1.165, 1.54) is 0 Å². The van der Waals surface area contributed by atoms with Gasteiger partial charge in [0.1, 0.15) is 6.61 Å². The third kappa shape index (κ3) is 3.51. The van der Waals surface area contributed by atoms with E-state index in [9.17, 15) is 4.79 Å². The molecule has 4 heteroatoms. The van der Waals surface area contributed by atoms with Crippen LogP contribution in [0, 0.1) is 5.41 Å². The van der Waals surface area contributed by atoms with Gasteiger partial charge in [-0.25, -0.2) is 4.79 Å². The summed E-state index contributed by atoms with van der Waals surface area (Å²) < 4.78 is 5.42. The Morgan fingerprint density at radius 2 is 2.00 bits per heavy atom. The molecule has 20 heavy (non-hydrogen) atoms. The lowest BCUT2D eigenvalue weighted by Crippen LogP contribution is -2.43. The summed E-state index contributed by atoms with van der Waals surface area (Å²) in [6.07, 6.45) is 0.575. The van der Waals surface area contributed by atoms with Crippen molar-refractivity contribution in [1.82, 2.24) is 4.90 Å². The summed E-state index contributed by atoms with van der Waals surface area (Å²) in [5, 5.41) is 0. The Kier molecular flexibility index (Phi) is 4.33. The van der Waals surface area contributed by atoms with Crippen molar-refractivity contribution >= 4 is 6.09 Å².